The third-order valence-electron chi connectivity index (χ3n) is 5.50. The van der Waals surface area contributed by atoms with Crippen molar-refractivity contribution in [2.75, 3.05) is 20.7 Å². The van der Waals surface area contributed by atoms with Crippen molar-refractivity contribution in [3.8, 4) is 0 Å². The Balaban J connectivity index is 1.71. The molecule has 1 aromatic rings. The van der Waals surface area contributed by atoms with Gasteiger partial charge in [-0.15, -0.1) is 0 Å². The third-order valence-corrected chi connectivity index (χ3v) is 5.50. The fourth-order valence-corrected chi connectivity index (χ4v) is 4.10. The number of aliphatic hydroxyl groups is 1. The summed E-state index contributed by atoms with van der Waals surface area (Å²) in [5.41, 5.74) is 1.77. The minimum atomic E-state index is -0.223. The van der Waals surface area contributed by atoms with Gasteiger partial charge in [-0.1, -0.05) is 12.1 Å². The second-order valence-corrected chi connectivity index (χ2v) is 6.71. The molecule has 0 radical (unpaired) electrons. The Morgan fingerprint density at radius 1 is 1.39 bits per heavy atom. The predicted octanol–water partition coefficient (Wildman–Crippen LogP) is 1.55. The summed E-state index contributed by atoms with van der Waals surface area (Å²) in [4.78, 5) is 14.0. The monoisotopic (exact) mass is 318 g/mol. The molecule has 2 fully saturated rings. The Kier molecular flexibility index (Phi) is 4.71. The molecule has 3 rings (SSSR count). The summed E-state index contributed by atoms with van der Waals surface area (Å²) in [5.74, 6) is -0.0634. The van der Waals surface area contributed by atoms with Crippen LogP contribution in [-0.2, 0) is 11.3 Å². The lowest BCUT2D eigenvalue weighted by Gasteiger charge is -2.42. The summed E-state index contributed by atoms with van der Waals surface area (Å²) in [6.07, 6.45) is 3.35. The van der Waals surface area contributed by atoms with Crippen LogP contribution in [-0.4, -0.2) is 54.4 Å². The normalized spacial score (nSPS) is 30.9. The molecule has 2 N–H and O–H groups in total. The molecule has 0 aromatic heterocycles. The molecule has 1 amide bonds. The molecule has 1 aliphatic heterocycles. The first-order chi connectivity index (χ1) is 11.1. The molecule has 1 aromatic carbocycles. The van der Waals surface area contributed by atoms with Crippen LogP contribution >= 0.6 is 0 Å². The molecule has 0 unspecified atom stereocenters. The Hall–Kier alpha value is -1.43. The van der Waals surface area contributed by atoms with Crippen LogP contribution in [0.15, 0.2) is 24.3 Å². The van der Waals surface area contributed by atoms with Crippen LogP contribution in [0.25, 0.3) is 0 Å². The zero-order chi connectivity index (χ0) is 16.4. The van der Waals surface area contributed by atoms with E-state index in [0.717, 1.165) is 38.8 Å². The van der Waals surface area contributed by atoms with E-state index in [9.17, 15) is 9.90 Å². The molecule has 5 nitrogen and oxygen atoms in total. The standard InChI is InChI=1S/C18H26N2O3/c1-19-17(22)14-5-3-13(4-6-14)12-20-10-9-18(23-2)8-7-15(21)11-16(18)20/h3-6,15-16,21H,7-12H2,1-2H3,(H,19,22)/t15-,16+,18-/m1/s1. The zero-order valence-electron chi connectivity index (χ0n) is 13.9. The van der Waals surface area contributed by atoms with Gasteiger partial charge < -0.3 is 15.2 Å². The Bertz CT molecular complexity index is 560. The average Bonchev–Trinajstić information content (AvgIpc) is 2.93. The van der Waals surface area contributed by atoms with Gasteiger partial charge in [0.25, 0.3) is 5.91 Å². The minimum Gasteiger partial charge on any atom is -0.393 e. The van der Waals surface area contributed by atoms with Gasteiger partial charge in [-0.2, -0.15) is 0 Å². The highest BCUT2D eigenvalue weighted by molar-refractivity contribution is 5.93. The van der Waals surface area contributed by atoms with Crippen molar-refractivity contribution >= 4 is 5.91 Å². The fourth-order valence-electron chi connectivity index (χ4n) is 4.10. The van der Waals surface area contributed by atoms with Gasteiger partial charge in [-0.3, -0.25) is 9.69 Å². The quantitative estimate of drug-likeness (QED) is 0.884. The lowest BCUT2D eigenvalue weighted by Crippen LogP contribution is -2.51. The fraction of sp³-hybridized carbons (Fsp3) is 0.611. The number of ether oxygens (including phenoxy) is 1. The zero-order valence-corrected chi connectivity index (χ0v) is 13.9. The number of hydrogen-bond acceptors (Lipinski definition) is 4. The number of nitrogens with zero attached hydrogens (tertiary/aromatic N) is 1. The van der Waals surface area contributed by atoms with Gasteiger partial charge >= 0.3 is 0 Å². The van der Waals surface area contributed by atoms with Crippen molar-refractivity contribution in [3.05, 3.63) is 35.4 Å². The number of benzene rings is 1. The molecule has 3 atom stereocenters. The van der Waals surface area contributed by atoms with Crippen LogP contribution < -0.4 is 5.32 Å². The second kappa shape index (κ2) is 6.59. The predicted molar refractivity (Wildman–Crippen MR) is 88.2 cm³/mol. The molecule has 1 saturated carbocycles. The van der Waals surface area contributed by atoms with Gasteiger partial charge in [-0.05, 0) is 43.4 Å². The number of methoxy groups -OCH3 is 1. The van der Waals surface area contributed by atoms with E-state index in [1.54, 1.807) is 14.2 Å². The summed E-state index contributed by atoms with van der Waals surface area (Å²) in [7, 11) is 3.44. The van der Waals surface area contributed by atoms with Crippen molar-refractivity contribution in [3.63, 3.8) is 0 Å². The molecule has 2 aliphatic rings. The maximum Gasteiger partial charge on any atom is 0.251 e. The van der Waals surface area contributed by atoms with Crippen molar-refractivity contribution in [1.82, 2.24) is 10.2 Å². The maximum atomic E-state index is 11.6. The highest BCUT2D eigenvalue weighted by Crippen LogP contribution is 2.42. The first kappa shape index (κ1) is 16.4. The Morgan fingerprint density at radius 2 is 2.13 bits per heavy atom. The number of aliphatic hydroxyl groups excluding tert-OH is 1. The van der Waals surface area contributed by atoms with E-state index in [1.807, 2.05) is 24.3 Å². The van der Waals surface area contributed by atoms with Crippen LogP contribution in [0.5, 0.6) is 0 Å². The molecule has 1 saturated heterocycles. The SMILES string of the molecule is CNC(=O)c1ccc(CN2CC[C@]3(OC)CC[C@@H](O)C[C@H]23)cc1. The van der Waals surface area contributed by atoms with E-state index in [-0.39, 0.29) is 23.7 Å². The number of amides is 1. The Morgan fingerprint density at radius 3 is 2.78 bits per heavy atom. The molecule has 126 valence electrons. The van der Waals surface area contributed by atoms with E-state index in [1.165, 1.54) is 5.56 Å². The van der Waals surface area contributed by atoms with Crippen LogP contribution in [0, 0.1) is 0 Å². The molecule has 0 bridgehead atoms. The van der Waals surface area contributed by atoms with Crippen molar-refractivity contribution in [2.24, 2.45) is 0 Å². The third kappa shape index (κ3) is 3.13. The maximum absolute atomic E-state index is 11.6. The van der Waals surface area contributed by atoms with Gasteiger partial charge in [0, 0.05) is 38.9 Å². The number of rotatable bonds is 4. The topological polar surface area (TPSA) is 61.8 Å². The number of likely N-dealkylation sites (tertiary alicyclic amines) is 1. The number of fused-ring (bicyclic) bond motifs is 1. The summed E-state index contributed by atoms with van der Waals surface area (Å²) in [6, 6.07) is 8.02. The van der Waals surface area contributed by atoms with Crippen LogP contribution in [0.4, 0.5) is 0 Å². The molecule has 23 heavy (non-hydrogen) atoms. The Labute approximate surface area is 137 Å². The molecule has 0 spiro atoms. The van der Waals surface area contributed by atoms with E-state index in [2.05, 4.69) is 10.2 Å². The molecular formula is C18H26N2O3. The van der Waals surface area contributed by atoms with E-state index in [4.69, 9.17) is 4.74 Å². The van der Waals surface area contributed by atoms with Crippen LogP contribution in [0.1, 0.15) is 41.6 Å². The number of hydrogen-bond donors (Lipinski definition) is 2. The van der Waals surface area contributed by atoms with Gasteiger partial charge in [0.1, 0.15) is 0 Å². The van der Waals surface area contributed by atoms with E-state index in [0.29, 0.717) is 5.56 Å². The molecular weight excluding hydrogens is 292 g/mol. The highest BCUT2D eigenvalue weighted by atomic mass is 16.5. The summed E-state index contributed by atoms with van der Waals surface area (Å²) in [6.45, 7) is 1.82. The molecule has 1 aliphatic carbocycles. The van der Waals surface area contributed by atoms with Crippen molar-refractivity contribution in [1.29, 1.82) is 0 Å². The van der Waals surface area contributed by atoms with E-state index >= 15 is 0 Å². The largest absolute Gasteiger partial charge is 0.393 e. The second-order valence-electron chi connectivity index (χ2n) is 6.71. The van der Waals surface area contributed by atoms with Gasteiger partial charge in [0.05, 0.1) is 11.7 Å². The summed E-state index contributed by atoms with van der Waals surface area (Å²) < 4.78 is 5.88. The summed E-state index contributed by atoms with van der Waals surface area (Å²) >= 11 is 0. The lowest BCUT2D eigenvalue weighted by atomic mass is 9.79. The molecule has 1 heterocycles. The van der Waals surface area contributed by atoms with Gasteiger partial charge in [-0.25, -0.2) is 0 Å². The lowest BCUT2D eigenvalue weighted by molar-refractivity contribution is -0.0879. The van der Waals surface area contributed by atoms with Crippen LogP contribution in [0.3, 0.4) is 0 Å². The average molecular weight is 318 g/mol. The van der Waals surface area contributed by atoms with Gasteiger partial charge in [0.2, 0.25) is 0 Å². The highest BCUT2D eigenvalue weighted by Gasteiger charge is 2.50. The minimum absolute atomic E-state index is 0.0634. The summed E-state index contributed by atoms with van der Waals surface area (Å²) in [5, 5.41) is 12.7. The number of carbonyl (C=O) groups is 1. The van der Waals surface area contributed by atoms with E-state index < -0.39 is 0 Å². The number of nitrogens with one attached hydrogen (secondary N) is 1. The first-order valence-electron chi connectivity index (χ1n) is 8.36. The van der Waals surface area contributed by atoms with Crippen molar-refractivity contribution in [2.45, 2.75) is 50.0 Å². The number of carbonyl (C=O) groups excluding carboxylic acids is 1. The van der Waals surface area contributed by atoms with Gasteiger partial charge in [0.15, 0.2) is 0 Å². The van der Waals surface area contributed by atoms with Crippen LogP contribution in [0.2, 0.25) is 0 Å². The first-order valence-corrected chi connectivity index (χ1v) is 8.36. The van der Waals surface area contributed by atoms with Crippen molar-refractivity contribution < 1.29 is 14.6 Å². The smallest absolute Gasteiger partial charge is 0.251 e. The molecule has 5 heteroatoms.